The summed E-state index contributed by atoms with van der Waals surface area (Å²) in [5.41, 5.74) is 4.98. The Bertz CT molecular complexity index is 1340. The lowest BCUT2D eigenvalue weighted by Gasteiger charge is -2.08. The Morgan fingerprint density at radius 3 is 2.77 bits per heavy atom. The second kappa shape index (κ2) is 10.6. The fourth-order valence-electron chi connectivity index (χ4n) is 3.90. The summed E-state index contributed by atoms with van der Waals surface area (Å²) in [7, 11) is 1.69. The van der Waals surface area contributed by atoms with Crippen LogP contribution in [0.4, 0.5) is 10.1 Å². The maximum atomic E-state index is 14.9. The molecule has 6 nitrogen and oxygen atoms in total. The molecule has 0 saturated heterocycles. The van der Waals surface area contributed by atoms with Crippen LogP contribution in [0.25, 0.3) is 20.8 Å². The number of thiophene rings is 1. The Morgan fingerprint density at radius 1 is 1.14 bits per heavy atom. The van der Waals surface area contributed by atoms with E-state index < -0.39 is 0 Å². The van der Waals surface area contributed by atoms with E-state index in [-0.39, 0.29) is 17.6 Å². The highest BCUT2D eigenvalue weighted by Gasteiger charge is 2.29. The van der Waals surface area contributed by atoms with Crippen LogP contribution in [0.15, 0.2) is 54.9 Å². The van der Waals surface area contributed by atoms with E-state index in [2.05, 4.69) is 26.7 Å². The fourth-order valence-corrected chi connectivity index (χ4v) is 5.00. The number of methoxy groups -OCH3 is 1. The van der Waals surface area contributed by atoms with Crippen molar-refractivity contribution in [2.75, 3.05) is 25.6 Å². The van der Waals surface area contributed by atoms with Gasteiger partial charge in [0.2, 0.25) is 5.91 Å². The van der Waals surface area contributed by atoms with Crippen LogP contribution in [0.5, 0.6) is 0 Å². The number of carbonyl (C=O) groups excluding carboxylic acids is 1. The number of fused-ring (bicyclic) bond motifs is 1. The van der Waals surface area contributed by atoms with E-state index in [4.69, 9.17) is 4.74 Å². The summed E-state index contributed by atoms with van der Waals surface area (Å²) in [5, 5.41) is 6.12. The van der Waals surface area contributed by atoms with Crippen molar-refractivity contribution < 1.29 is 13.9 Å². The number of pyridine rings is 2. The minimum atomic E-state index is -0.322. The topological polar surface area (TPSA) is 76.1 Å². The van der Waals surface area contributed by atoms with Gasteiger partial charge in [0.15, 0.2) is 0 Å². The highest BCUT2D eigenvalue weighted by atomic mass is 32.1. The van der Waals surface area contributed by atoms with Crippen LogP contribution in [0.1, 0.15) is 29.5 Å². The molecule has 1 fully saturated rings. The monoisotopic (exact) mass is 490 g/mol. The van der Waals surface area contributed by atoms with Crippen molar-refractivity contribution >= 4 is 33.1 Å². The highest BCUT2D eigenvalue weighted by molar-refractivity contribution is 7.22. The number of halogens is 1. The Balaban J connectivity index is 1.31. The molecule has 0 atom stereocenters. The molecule has 5 rings (SSSR count). The molecular formula is C27H27FN4O2S. The van der Waals surface area contributed by atoms with Crippen LogP contribution in [0.3, 0.4) is 0 Å². The summed E-state index contributed by atoms with van der Waals surface area (Å²) in [4.78, 5) is 22.1. The quantitative estimate of drug-likeness (QED) is 0.300. The normalized spacial score (nSPS) is 13.3. The Hall–Kier alpha value is -3.20. The van der Waals surface area contributed by atoms with Gasteiger partial charge >= 0.3 is 0 Å². The largest absolute Gasteiger partial charge is 0.383 e. The molecule has 35 heavy (non-hydrogen) atoms. The molecule has 3 heterocycles. The number of hydrogen-bond donors (Lipinski definition) is 2. The SMILES string of the molecule is COCCNCc1ccc(-c2cc3nccc(Cc4ccc(NC(=O)C5CC5)cc4F)c3s2)nc1. The van der Waals surface area contributed by atoms with Crippen LogP contribution in [0, 0.1) is 11.7 Å². The van der Waals surface area contributed by atoms with Crippen molar-refractivity contribution in [2.45, 2.75) is 25.8 Å². The number of amides is 1. The Labute approximate surface area is 207 Å². The van der Waals surface area contributed by atoms with E-state index in [1.165, 1.54) is 6.07 Å². The summed E-state index contributed by atoms with van der Waals surface area (Å²) in [6.07, 6.45) is 5.92. The van der Waals surface area contributed by atoms with Crippen molar-refractivity contribution in [3.05, 3.63) is 77.4 Å². The van der Waals surface area contributed by atoms with E-state index in [0.29, 0.717) is 24.3 Å². The standard InChI is InChI=1S/C27H27FN4O2S/c1-34-11-10-29-15-17-2-7-23(31-16-17)25-14-24-26(35-25)20(8-9-30-24)12-19-5-6-21(13-22(19)28)32-27(33)18-3-4-18/h2,5-9,13-14,16,18,29H,3-4,10-12,15H2,1H3,(H,32,33). The average Bonchev–Trinajstić information content (AvgIpc) is 3.63. The van der Waals surface area contributed by atoms with Crippen LogP contribution >= 0.6 is 11.3 Å². The number of rotatable bonds is 10. The molecule has 1 amide bonds. The van der Waals surface area contributed by atoms with Crippen molar-refractivity contribution in [3.8, 4) is 10.6 Å². The van der Waals surface area contributed by atoms with Gasteiger partial charge in [-0.1, -0.05) is 12.1 Å². The van der Waals surface area contributed by atoms with Crippen LogP contribution in [-0.2, 0) is 22.5 Å². The Morgan fingerprint density at radius 2 is 2.03 bits per heavy atom. The lowest BCUT2D eigenvalue weighted by molar-refractivity contribution is -0.117. The van der Waals surface area contributed by atoms with Gasteiger partial charge in [-0.3, -0.25) is 14.8 Å². The zero-order valence-electron chi connectivity index (χ0n) is 19.5. The minimum Gasteiger partial charge on any atom is -0.383 e. The second-order valence-corrected chi connectivity index (χ2v) is 9.82. The molecule has 3 aromatic heterocycles. The first-order valence-corrected chi connectivity index (χ1v) is 12.5. The van der Waals surface area contributed by atoms with Gasteiger partial charge < -0.3 is 15.4 Å². The number of benzene rings is 1. The van der Waals surface area contributed by atoms with Gasteiger partial charge in [0, 0.05) is 50.6 Å². The van der Waals surface area contributed by atoms with Gasteiger partial charge in [-0.05, 0) is 59.9 Å². The van der Waals surface area contributed by atoms with Crippen molar-refractivity contribution in [3.63, 3.8) is 0 Å². The van der Waals surface area contributed by atoms with Crippen molar-refractivity contribution in [1.82, 2.24) is 15.3 Å². The average molecular weight is 491 g/mol. The van der Waals surface area contributed by atoms with Crippen LogP contribution in [0.2, 0.25) is 0 Å². The summed E-state index contributed by atoms with van der Waals surface area (Å²) in [6, 6.07) is 13.0. The first-order chi connectivity index (χ1) is 17.1. The molecule has 0 spiro atoms. The molecular weight excluding hydrogens is 463 g/mol. The fraction of sp³-hybridized carbons (Fsp3) is 0.296. The van der Waals surface area contributed by atoms with Crippen LogP contribution < -0.4 is 10.6 Å². The first-order valence-electron chi connectivity index (χ1n) is 11.7. The molecule has 2 N–H and O–H groups in total. The Kier molecular flexibility index (Phi) is 7.13. The molecule has 1 saturated carbocycles. The third-order valence-corrected chi connectivity index (χ3v) is 7.25. The summed E-state index contributed by atoms with van der Waals surface area (Å²) in [6.45, 7) is 2.21. The molecule has 0 unspecified atom stereocenters. The lowest BCUT2D eigenvalue weighted by Crippen LogP contribution is -2.18. The predicted molar refractivity (Wildman–Crippen MR) is 137 cm³/mol. The van der Waals surface area contributed by atoms with Gasteiger partial charge in [-0.25, -0.2) is 4.39 Å². The third kappa shape index (κ3) is 5.73. The maximum absolute atomic E-state index is 14.9. The number of nitrogens with one attached hydrogen (secondary N) is 2. The van der Waals surface area contributed by atoms with Gasteiger partial charge in [-0.2, -0.15) is 0 Å². The second-order valence-electron chi connectivity index (χ2n) is 8.76. The first kappa shape index (κ1) is 23.5. The molecule has 8 heteroatoms. The van der Waals surface area contributed by atoms with Crippen molar-refractivity contribution in [2.24, 2.45) is 5.92 Å². The van der Waals surface area contributed by atoms with Gasteiger partial charge in [0.05, 0.1) is 27.4 Å². The molecule has 0 bridgehead atoms. The molecule has 180 valence electrons. The number of nitrogens with zero attached hydrogens (tertiary/aromatic N) is 2. The number of hydrogen-bond acceptors (Lipinski definition) is 6. The maximum Gasteiger partial charge on any atom is 0.227 e. The number of aromatic nitrogens is 2. The van der Waals surface area contributed by atoms with Gasteiger partial charge in [0.1, 0.15) is 5.82 Å². The molecule has 0 aliphatic heterocycles. The highest BCUT2D eigenvalue weighted by Crippen LogP contribution is 2.35. The van der Waals surface area contributed by atoms with E-state index in [0.717, 1.165) is 57.8 Å². The van der Waals surface area contributed by atoms with Crippen LogP contribution in [-0.4, -0.2) is 36.1 Å². The number of ether oxygens (including phenoxy) is 1. The van der Waals surface area contributed by atoms with E-state index in [1.807, 2.05) is 24.4 Å². The third-order valence-electron chi connectivity index (χ3n) is 6.03. The number of anilines is 1. The summed E-state index contributed by atoms with van der Waals surface area (Å²) < 4.78 is 20.9. The molecule has 1 aliphatic rings. The summed E-state index contributed by atoms with van der Waals surface area (Å²) in [5.74, 6) is -0.265. The predicted octanol–water partition coefficient (Wildman–Crippen LogP) is 5.17. The molecule has 4 aromatic rings. The summed E-state index contributed by atoms with van der Waals surface area (Å²) >= 11 is 1.62. The number of carbonyl (C=O) groups is 1. The lowest BCUT2D eigenvalue weighted by atomic mass is 10.0. The van der Waals surface area contributed by atoms with Gasteiger partial charge in [0.25, 0.3) is 0 Å². The molecule has 1 aliphatic carbocycles. The molecule has 0 radical (unpaired) electrons. The van der Waals surface area contributed by atoms with E-state index in [1.54, 1.807) is 36.8 Å². The zero-order chi connectivity index (χ0) is 24.2. The van der Waals surface area contributed by atoms with Gasteiger partial charge in [-0.15, -0.1) is 11.3 Å². The minimum absolute atomic E-state index is 0.0249. The zero-order valence-corrected chi connectivity index (χ0v) is 20.3. The van der Waals surface area contributed by atoms with E-state index in [9.17, 15) is 9.18 Å². The van der Waals surface area contributed by atoms with Crippen molar-refractivity contribution in [1.29, 1.82) is 0 Å². The smallest absolute Gasteiger partial charge is 0.227 e. The molecule has 1 aromatic carbocycles. The van der Waals surface area contributed by atoms with E-state index >= 15 is 0 Å².